The van der Waals surface area contributed by atoms with E-state index in [9.17, 15) is 0 Å². The van der Waals surface area contributed by atoms with Crippen molar-refractivity contribution in [2.24, 2.45) is 0 Å². The fourth-order valence-electron chi connectivity index (χ4n) is 8.34. The average Bonchev–Trinajstić information content (AvgIpc) is 3.19. The van der Waals surface area contributed by atoms with E-state index in [1.54, 1.807) is 0 Å². The predicted molar refractivity (Wildman–Crippen MR) is 225 cm³/mol. The van der Waals surface area contributed by atoms with Crippen LogP contribution in [0.5, 0.6) is 0 Å². The molecule has 4 heteroatoms. The van der Waals surface area contributed by atoms with Crippen LogP contribution in [0.1, 0.15) is 11.1 Å². The maximum atomic E-state index is 3.87. The van der Waals surface area contributed by atoms with Gasteiger partial charge in [0.2, 0.25) is 0 Å². The third kappa shape index (κ3) is 5.06. The molecule has 254 valence electrons. The van der Waals surface area contributed by atoms with Crippen LogP contribution in [0.15, 0.2) is 170 Å². The second-order valence-electron chi connectivity index (χ2n) is 14.2. The molecule has 0 saturated heterocycles. The molecule has 2 aliphatic rings. The standard InChI is InChI=1S/C49H38N4/c1-32-12-10-18-36(28-32)52(34-14-6-4-7-15-34)38-20-22-40-42-24-25-43-41-23-21-39(53(35-16-8-5-9-17-35)37-19-11-13-33(2)29-37)31-47(41)51(3)46-27-26-44(48(42)49(43)46)50-45(40)30-38/h4-31,50H,1-3H3. The normalized spacial score (nSPS) is 12.2. The second-order valence-corrected chi connectivity index (χ2v) is 14.2. The van der Waals surface area contributed by atoms with Gasteiger partial charge in [-0.05, 0) is 121 Å². The summed E-state index contributed by atoms with van der Waals surface area (Å²) in [6.45, 7) is 4.30. The Morgan fingerprint density at radius 1 is 0.377 bits per heavy atom. The first-order chi connectivity index (χ1) is 26.0. The fraction of sp³-hybridized carbons (Fsp3) is 0.0612. The third-order valence-electron chi connectivity index (χ3n) is 10.8. The molecule has 2 aliphatic heterocycles. The lowest BCUT2D eigenvalue weighted by molar-refractivity contribution is 1.20. The maximum Gasteiger partial charge on any atom is 0.0509 e. The number of hydrogen-bond donors (Lipinski definition) is 1. The molecule has 0 radical (unpaired) electrons. The van der Waals surface area contributed by atoms with Gasteiger partial charge in [-0.2, -0.15) is 0 Å². The van der Waals surface area contributed by atoms with Crippen LogP contribution in [0.3, 0.4) is 0 Å². The van der Waals surface area contributed by atoms with Crippen LogP contribution in [0.25, 0.3) is 33.0 Å². The second kappa shape index (κ2) is 12.2. The molecule has 0 fully saturated rings. The number of hydrogen-bond acceptors (Lipinski definition) is 4. The Morgan fingerprint density at radius 3 is 1.49 bits per heavy atom. The Hall–Kier alpha value is -6.78. The number of aryl methyl sites for hydroxylation is 2. The molecule has 2 heterocycles. The summed E-state index contributed by atoms with van der Waals surface area (Å²) in [6, 6.07) is 61.6. The highest BCUT2D eigenvalue weighted by molar-refractivity contribution is 6.22. The zero-order chi connectivity index (χ0) is 35.6. The summed E-state index contributed by atoms with van der Waals surface area (Å²) in [5, 5.41) is 6.42. The molecule has 8 aromatic rings. The summed E-state index contributed by atoms with van der Waals surface area (Å²) < 4.78 is 0. The van der Waals surface area contributed by atoms with Crippen molar-refractivity contribution in [2.45, 2.75) is 13.8 Å². The van der Waals surface area contributed by atoms with Gasteiger partial charge in [0, 0.05) is 80.1 Å². The van der Waals surface area contributed by atoms with E-state index in [2.05, 4.69) is 211 Å². The van der Waals surface area contributed by atoms with Crippen molar-refractivity contribution in [2.75, 3.05) is 27.1 Å². The Morgan fingerprint density at radius 2 is 0.887 bits per heavy atom. The third-order valence-corrected chi connectivity index (χ3v) is 10.8. The smallest absolute Gasteiger partial charge is 0.0509 e. The molecular formula is C49H38N4. The Labute approximate surface area is 310 Å². The highest BCUT2D eigenvalue weighted by Crippen LogP contribution is 2.55. The number of nitrogens with one attached hydrogen (secondary N) is 1. The van der Waals surface area contributed by atoms with Crippen molar-refractivity contribution in [1.82, 2.24) is 0 Å². The highest BCUT2D eigenvalue weighted by Gasteiger charge is 2.29. The van der Waals surface area contributed by atoms with Gasteiger partial charge < -0.3 is 20.0 Å². The molecule has 8 aromatic carbocycles. The quantitative estimate of drug-likeness (QED) is 0.188. The maximum absolute atomic E-state index is 3.87. The lowest BCUT2D eigenvalue weighted by Crippen LogP contribution is -2.17. The van der Waals surface area contributed by atoms with E-state index in [4.69, 9.17) is 0 Å². The van der Waals surface area contributed by atoms with Gasteiger partial charge >= 0.3 is 0 Å². The first kappa shape index (κ1) is 31.0. The first-order valence-corrected chi connectivity index (χ1v) is 18.2. The van der Waals surface area contributed by atoms with Gasteiger partial charge in [-0.3, -0.25) is 0 Å². The van der Waals surface area contributed by atoms with Crippen molar-refractivity contribution in [3.05, 3.63) is 181 Å². The minimum atomic E-state index is 1.11. The summed E-state index contributed by atoms with van der Waals surface area (Å²) in [5.41, 5.74) is 18.9. The molecule has 10 rings (SSSR count). The zero-order valence-corrected chi connectivity index (χ0v) is 30.0. The number of anilines is 10. The molecule has 0 amide bonds. The summed E-state index contributed by atoms with van der Waals surface area (Å²) in [7, 11) is 2.20. The van der Waals surface area contributed by atoms with Crippen LogP contribution in [-0.2, 0) is 0 Å². The largest absolute Gasteiger partial charge is 0.354 e. The molecule has 4 nitrogen and oxygen atoms in total. The monoisotopic (exact) mass is 682 g/mol. The number of benzene rings is 8. The van der Waals surface area contributed by atoms with Crippen LogP contribution < -0.4 is 20.0 Å². The van der Waals surface area contributed by atoms with Crippen LogP contribution >= 0.6 is 0 Å². The average molecular weight is 683 g/mol. The molecule has 0 bridgehead atoms. The molecule has 1 N–H and O–H groups in total. The Kier molecular flexibility index (Phi) is 7.12. The SMILES string of the molecule is Cc1cccc(N(c2ccccc2)c2ccc3c(c2)Nc2ccc4c5c(ccc-3c25)-c2ccc(N(c3ccccc3)c3cccc(C)c3)cc2N4C)c1. The molecule has 0 aliphatic carbocycles. The molecule has 0 spiro atoms. The summed E-state index contributed by atoms with van der Waals surface area (Å²) in [6.07, 6.45) is 0. The van der Waals surface area contributed by atoms with Gasteiger partial charge in [0.05, 0.1) is 5.69 Å². The minimum Gasteiger partial charge on any atom is -0.354 e. The van der Waals surface area contributed by atoms with Crippen molar-refractivity contribution in [1.29, 1.82) is 0 Å². The molecule has 0 unspecified atom stereocenters. The van der Waals surface area contributed by atoms with Crippen LogP contribution in [0, 0.1) is 13.8 Å². The van der Waals surface area contributed by atoms with Crippen molar-refractivity contribution in [3.63, 3.8) is 0 Å². The molecule has 0 saturated carbocycles. The van der Waals surface area contributed by atoms with Gasteiger partial charge in [-0.15, -0.1) is 0 Å². The van der Waals surface area contributed by atoms with E-state index in [0.717, 1.165) is 45.5 Å². The molecule has 0 aromatic heterocycles. The summed E-state index contributed by atoms with van der Waals surface area (Å²) >= 11 is 0. The lowest BCUT2D eigenvalue weighted by atomic mass is 9.85. The molecule has 0 atom stereocenters. The van der Waals surface area contributed by atoms with E-state index >= 15 is 0 Å². The van der Waals surface area contributed by atoms with Crippen LogP contribution in [-0.4, -0.2) is 7.05 Å². The predicted octanol–water partition coefficient (Wildman–Crippen LogP) is 13.9. The minimum absolute atomic E-state index is 1.11. The number of nitrogens with zero attached hydrogens (tertiary/aromatic N) is 3. The van der Waals surface area contributed by atoms with E-state index in [-0.39, 0.29) is 0 Å². The number of rotatable bonds is 6. The molecular weight excluding hydrogens is 645 g/mol. The van der Waals surface area contributed by atoms with Crippen molar-refractivity contribution in [3.8, 4) is 22.3 Å². The summed E-state index contributed by atoms with van der Waals surface area (Å²) in [5.74, 6) is 0. The lowest BCUT2D eigenvalue weighted by Gasteiger charge is -2.35. The van der Waals surface area contributed by atoms with E-state index in [1.165, 1.54) is 55.5 Å². The van der Waals surface area contributed by atoms with Crippen LogP contribution in [0.2, 0.25) is 0 Å². The van der Waals surface area contributed by atoms with E-state index in [0.29, 0.717) is 0 Å². The van der Waals surface area contributed by atoms with Gasteiger partial charge in [-0.25, -0.2) is 0 Å². The van der Waals surface area contributed by atoms with Crippen molar-refractivity contribution >= 4 is 67.6 Å². The first-order valence-electron chi connectivity index (χ1n) is 18.2. The highest BCUT2D eigenvalue weighted by atomic mass is 15.2. The number of para-hydroxylation sites is 2. The Bertz CT molecular complexity index is 2700. The Balaban J connectivity index is 1.09. The van der Waals surface area contributed by atoms with Gasteiger partial charge in [-0.1, -0.05) is 84.9 Å². The van der Waals surface area contributed by atoms with Crippen LogP contribution in [0.4, 0.5) is 56.9 Å². The van der Waals surface area contributed by atoms with Gasteiger partial charge in [0.15, 0.2) is 0 Å². The topological polar surface area (TPSA) is 21.8 Å². The summed E-state index contributed by atoms with van der Waals surface area (Å²) in [4.78, 5) is 7.05. The van der Waals surface area contributed by atoms with Gasteiger partial charge in [0.25, 0.3) is 0 Å². The van der Waals surface area contributed by atoms with Crippen molar-refractivity contribution < 1.29 is 0 Å². The zero-order valence-electron chi connectivity index (χ0n) is 30.0. The van der Waals surface area contributed by atoms with E-state index < -0.39 is 0 Å². The van der Waals surface area contributed by atoms with E-state index in [1.807, 2.05) is 0 Å². The van der Waals surface area contributed by atoms with Gasteiger partial charge in [0.1, 0.15) is 0 Å². The number of fused-ring (bicyclic) bond motifs is 4. The fourth-order valence-corrected chi connectivity index (χ4v) is 8.34. The molecule has 53 heavy (non-hydrogen) atoms.